The van der Waals surface area contributed by atoms with Crippen LogP contribution < -0.4 is 18.9 Å². The van der Waals surface area contributed by atoms with Crippen LogP contribution in [0.15, 0.2) is 47.4 Å². The first-order chi connectivity index (χ1) is 17.6. The summed E-state index contributed by atoms with van der Waals surface area (Å²) in [7, 11) is -2.49. The number of hydrogen-bond donors (Lipinski definition) is 2. The van der Waals surface area contributed by atoms with Gasteiger partial charge in [0, 0.05) is 7.05 Å². The summed E-state index contributed by atoms with van der Waals surface area (Å²) in [5, 5.41) is 13.5. The zero-order valence-electron chi connectivity index (χ0n) is 21.0. The van der Waals surface area contributed by atoms with Gasteiger partial charge in [-0.05, 0) is 56.2 Å². The molecule has 0 bridgehead atoms. The number of rotatable bonds is 10. The Morgan fingerprint density at radius 3 is 2.54 bits per heavy atom. The van der Waals surface area contributed by atoms with Crippen LogP contribution in [0.2, 0.25) is 0 Å². The standard InChI is InChI=1S/C25H29N3O8S/c1-5-33-24(30)25(2,3)17-7-9-18(10-8-17)37(31,32)27-22-21(23(26-28(22)4)34-13-12-29)16-6-11-19-20(14-16)36-15-35-19/h6-11,14,27,29H,5,12-13,15H2,1-4H3. The number of nitrogens with one attached hydrogen (secondary N) is 1. The molecule has 1 aliphatic heterocycles. The SMILES string of the molecule is CCOC(=O)C(C)(C)c1ccc(S(=O)(=O)Nc2c(-c3ccc4c(c3)OCO4)c(OCCO)nn2C)cc1. The molecule has 12 heteroatoms. The highest BCUT2D eigenvalue weighted by Crippen LogP contribution is 2.42. The summed E-state index contributed by atoms with van der Waals surface area (Å²) in [6.45, 7) is 5.22. The normalized spacial score (nSPS) is 12.9. The van der Waals surface area contributed by atoms with Crippen molar-refractivity contribution in [3.63, 3.8) is 0 Å². The number of carbonyl (C=O) groups is 1. The van der Waals surface area contributed by atoms with Crippen molar-refractivity contribution in [1.82, 2.24) is 9.78 Å². The Hall–Kier alpha value is -3.77. The molecule has 11 nitrogen and oxygen atoms in total. The van der Waals surface area contributed by atoms with Crippen LogP contribution in [0.5, 0.6) is 17.4 Å². The van der Waals surface area contributed by atoms with Gasteiger partial charge in [-0.25, -0.2) is 13.1 Å². The van der Waals surface area contributed by atoms with Crippen LogP contribution in [-0.4, -0.2) is 55.9 Å². The quantitative estimate of drug-likeness (QED) is 0.378. The van der Waals surface area contributed by atoms with Crippen molar-refractivity contribution in [2.24, 2.45) is 7.05 Å². The molecule has 0 spiro atoms. The molecule has 3 aromatic rings. The molecule has 0 atom stereocenters. The summed E-state index contributed by atoms with van der Waals surface area (Å²) < 4.78 is 52.3. The first-order valence-corrected chi connectivity index (χ1v) is 13.1. The van der Waals surface area contributed by atoms with Crippen LogP contribution in [0.25, 0.3) is 11.1 Å². The number of aliphatic hydroxyl groups is 1. The molecule has 1 aliphatic rings. The molecule has 4 rings (SSSR count). The average molecular weight is 532 g/mol. The van der Waals surface area contributed by atoms with E-state index in [0.29, 0.717) is 28.2 Å². The number of aromatic nitrogens is 2. The van der Waals surface area contributed by atoms with Crippen molar-refractivity contribution in [3.05, 3.63) is 48.0 Å². The number of esters is 1. The number of anilines is 1. The minimum Gasteiger partial charge on any atom is -0.474 e. The third-order valence-electron chi connectivity index (χ3n) is 5.91. The van der Waals surface area contributed by atoms with Crippen molar-refractivity contribution in [2.75, 3.05) is 31.3 Å². The molecular formula is C25H29N3O8S. The van der Waals surface area contributed by atoms with Gasteiger partial charge in [-0.15, -0.1) is 5.10 Å². The molecule has 0 aliphatic carbocycles. The van der Waals surface area contributed by atoms with Gasteiger partial charge in [-0.2, -0.15) is 0 Å². The lowest BCUT2D eigenvalue weighted by atomic mass is 9.85. The molecule has 0 saturated heterocycles. The van der Waals surface area contributed by atoms with Gasteiger partial charge in [-0.3, -0.25) is 9.52 Å². The van der Waals surface area contributed by atoms with Gasteiger partial charge in [0.2, 0.25) is 12.7 Å². The number of aliphatic hydroxyl groups excluding tert-OH is 1. The summed E-state index contributed by atoms with van der Waals surface area (Å²) in [4.78, 5) is 12.3. The van der Waals surface area contributed by atoms with Crippen molar-refractivity contribution in [1.29, 1.82) is 0 Å². The van der Waals surface area contributed by atoms with Gasteiger partial charge in [0.15, 0.2) is 11.5 Å². The van der Waals surface area contributed by atoms with E-state index in [1.165, 1.54) is 16.8 Å². The van der Waals surface area contributed by atoms with Gasteiger partial charge in [0.25, 0.3) is 10.0 Å². The lowest BCUT2D eigenvalue weighted by molar-refractivity contribution is -0.148. The van der Waals surface area contributed by atoms with E-state index in [1.807, 2.05) is 0 Å². The molecule has 1 aromatic heterocycles. The van der Waals surface area contributed by atoms with Crippen LogP contribution >= 0.6 is 0 Å². The Morgan fingerprint density at radius 2 is 1.86 bits per heavy atom. The number of benzene rings is 2. The summed E-state index contributed by atoms with van der Waals surface area (Å²) in [5.41, 5.74) is 0.623. The number of hydrogen-bond acceptors (Lipinski definition) is 9. The van der Waals surface area contributed by atoms with Gasteiger partial charge < -0.3 is 24.1 Å². The Morgan fingerprint density at radius 1 is 1.16 bits per heavy atom. The second-order valence-corrected chi connectivity index (χ2v) is 10.5. The van der Waals surface area contributed by atoms with Crippen molar-refractivity contribution < 1.29 is 37.3 Å². The monoisotopic (exact) mass is 531 g/mol. The second-order valence-electron chi connectivity index (χ2n) is 8.77. The Balaban J connectivity index is 1.69. The van der Waals surface area contributed by atoms with Gasteiger partial charge >= 0.3 is 5.97 Å². The predicted molar refractivity (Wildman–Crippen MR) is 134 cm³/mol. The minimum atomic E-state index is -4.07. The lowest BCUT2D eigenvalue weighted by Crippen LogP contribution is -2.31. The summed E-state index contributed by atoms with van der Waals surface area (Å²) >= 11 is 0. The Bertz CT molecular complexity index is 1400. The molecule has 0 saturated carbocycles. The molecule has 198 valence electrons. The number of aryl methyl sites for hydroxylation is 1. The van der Waals surface area contributed by atoms with Gasteiger partial charge in [0.1, 0.15) is 12.4 Å². The highest BCUT2D eigenvalue weighted by atomic mass is 32.2. The zero-order valence-corrected chi connectivity index (χ0v) is 21.8. The van der Waals surface area contributed by atoms with Gasteiger partial charge in [-0.1, -0.05) is 18.2 Å². The third-order valence-corrected chi connectivity index (χ3v) is 7.26. The van der Waals surface area contributed by atoms with E-state index in [1.54, 1.807) is 58.2 Å². The number of sulfonamides is 1. The number of nitrogens with zero attached hydrogens (tertiary/aromatic N) is 2. The molecule has 0 unspecified atom stereocenters. The maximum absolute atomic E-state index is 13.4. The molecule has 37 heavy (non-hydrogen) atoms. The number of carbonyl (C=O) groups excluding carboxylic acids is 1. The third kappa shape index (κ3) is 5.20. The smallest absolute Gasteiger partial charge is 0.315 e. The molecule has 2 N–H and O–H groups in total. The van der Waals surface area contributed by atoms with E-state index in [2.05, 4.69) is 9.82 Å². The molecule has 0 radical (unpaired) electrons. The highest BCUT2D eigenvalue weighted by Gasteiger charge is 2.32. The fraction of sp³-hybridized carbons (Fsp3) is 0.360. The molecule has 2 heterocycles. The second kappa shape index (κ2) is 10.3. The largest absolute Gasteiger partial charge is 0.474 e. The zero-order chi connectivity index (χ0) is 26.8. The van der Waals surface area contributed by atoms with E-state index >= 15 is 0 Å². The predicted octanol–water partition coefficient (Wildman–Crippen LogP) is 2.83. The first kappa shape index (κ1) is 26.3. The van der Waals surface area contributed by atoms with E-state index in [9.17, 15) is 18.3 Å². The maximum atomic E-state index is 13.4. The Labute approximate surface area is 215 Å². The average Bonchev–Trinajstić information content (AvgIpc) is 3.46. The molecular weight excluding hydrogens is 502 g/mol. The van der Waals surface area contributed by atoms with E-state index < -0.39 is 21.4 Å². The topological polar surface area (TPSA) is 138 Å². The van der Waals surface area contributed by atoms with E-state index in [-0.39, 0.29) is 43.2 Å². The molecule has 0 amide bonds. The summed E-state index contributed by atoms with van der Waals surface area (Å²) in [6.07, 6.45) is 0. The summed E-state index contributed by atoms with van der Waals surface area (Å²) in [5.74, 6) is 0.964. The first-order valence-electron chi connectivity index (χ1n) is 11.6. The van der Waals surface area contributed by atoms with Crippen LogP contribution in [0.4, 0.5) is 5.82 Å². The van der Waals surface area contributed by atoms with Crippen LogP contribution in [0.3, 0.4) is 0 Å². The van der Waals surface area contributed by atoms with E-state index in [4.69, 9.17) is 18.9 Å². The Kier molecular flexibility index (Phi) is 7.32. The van der Waals surface area contributed by atoms with Crippen LogP contribution in [0.1, 0.15) is 26.3 Å². The maximum Gasteiger partial charge on any atom is 0.315 e. The molecule has 0 fully saturated rings. The number of fused-ring (bicyclic) bond motifs is 1. The fourth-order valence-corrected chi connectivity index (χ4v) is 4.94. The fourth-order valence-electron chi connectivity index (χ4n) is 3.84. The van der Waals surface area contributed by atoms with Crippen LogP contribution in [-0.2, 0) is 32.0 Å². The van der Waals surface area contributed by atoms with Crippen molar-refractivity contribution in [3.8, 4) is 28.5 Å². The highest BCUT2D eigenvalue weighted by molar-refractivity contribution is 7.92. The van der Waals surface area contributed by atoms with Gasteiger partial charge in [0.05, 0.1) is 29.1 Å². The molecule has 2 aromatic carbocycles. The summed E-state index contributed by atoms with van der Waals surface area (Å²) in [6, 6.07) is 11.2. The van der Waals surface area contributed by atoms with Crippen molar-refractivity contribution >= 4 is 21.8 Å². The number of ether oxygens (including phenoxy) is 4. The van der Waals surface area contributed by atoms with E-state index in [0.717, 1.165) is 0 Å². The van der Waals surface area contributed by atoms with Crippen LogP contribution in [0, 0.1) is 0 Å². The minimum absolute atomic E-state index is 0.00780. The van der Waals surface area contributed by atoms with Crippen molar-refractivity contribution in [2.45, 2.75) is 31.1 Å². The lowest BCUT2D eigenvalue weighted by Gasteiger charge is -2.23.